The smallest absolute Gasteiger partial charge is 0.326 e. The van der Waals surface area contributed by atoms with Crippen LogP contribution in [0.2, 0.25) is 0 Å². The number of aliphatic carboxylic acids is 2. The van der Waals surface area contributed by atoms with E-state index in [0.29, 0.717) is 17.9 Å². The van der Waals surface area contributed by atoms with Gasteiger partial charge in [-0.3, -0.25) is 24.2 Å². The number of carbonyl (C=O) groups excluding carboxylic acids is 3. The van der Waals surface area contributed by atoms with Crippen LogP contribution in [0.25, 0.3) is 0 Å². The standard InChI is InChI=1S/C21H35N9O7S/c1-38-6-4-13(28-17(33)12(22)3-2-5-26-21(23)24)18(34)29-14(7-11-9-25-10-27-11)19(35)30-15(20(36)37)8-16(31)32/h9-10,12-15H,2-8,22H2,1H3,(H,25,27)(H,28,33)(H,29,34)(H,30,35)(H,31,32)(H,36,37)(H4,23,24,26). The zero-order chi connectivity index (χ0) is 28.7. The predicted molar refractivity (Wildman–Crippen MR) is 139 cm³/mol. The molecular formula is C21H35N9O7S. The van der Waals surface area contributed by atoms with Crippen LogP contribution in [-0.2, 0) is 30.4 Å². The molecule has 0 aromatic carbocycles. The van der Waals surface area contributed by atoms with Crippen LogP contribution in [0, 0.1) is 0 Å². The van der Waals surface area contributed by atoms with Gasteiger partial charge >= 0.3 is 11.9 Å². The molecule has 0 spiro atoms. The number of aromatic nitrogens is 2. The number of nitrogens with two attached hydrogens (primary N) is 3. The van der Waals surface area contributed by atoms with Crippen LogP contribution in [0.15, 0.2) is 17.5 Å². The lowest BCUT2D eigenvalue weighted by molar-refractivity contribution is -0.147. The lowest BCUT2D eigenvalue weighted by atomic mass is 10.1. The van der Waals surface area contributed by atoms with Crippen molar-refractivity contribution in [2.45, 2.75) is 56.3 Å². The van der Waals surface area contributed by atoms with Gasteiger partial charge < -0.3 is 48.3 Å². The van der Waals surface area contributed by atoms with Gasteiger partial charge in [0, 0.05) is 24.9 Å². The fraction of sp³-hybridized carbons (Fsp3) is 0.571. The average Bonchev–Trinajstić information content (AvgIpc) is 3.35. The number of imidazole rings is 1. The highest BCUT2D eigenvalue weighted by molar-refractivity contribution is 7.98. The normalized spacial score (nSPS) is 13.8. The van der Waals surface area contributed by atoms with E-state index in [0.717, 1.165) is 0 Å². The highest BCUT2D eigenvalue weighted by Gasteiger charge is 2.31. The third kappa shape index (κ3) is 12.4. The van der Waals surface area contributed by atoms with Crippen molar-refractivity contribution < 1.29 is 34.2 Å². The second-order valence-electron chi connectivity index (χ2n) is 8.24. The third-order valence-electron chi connectivity index (χ3n) is 5.15. The van der Waals surface area contributed by atoms with Gasteiger partial charge in [-0.2, -0.15) is 11.8 Å². The Morgan fingerprint density at radius 1 is 1.03 bits per heavy atom. The average molecular weight is 558 g/mol. The number of amides is 3. The summed E-state index contributed by atoms with van der Waals surface area (Å²) in [5.74, 6) is -4.78. The van der Waals surface area contributed by atoms with E-state index in [1.165, 1.54) is 24.3 Å². The minimum Gasteiger partial charge on any atom is -0.481 e. The Hall–Kier alpha value is -3.86. The summed E-state index contributed by atoms with van der Waals surface area (Å²) in [5, 5.41) is 25.5. The fourth-order valence-corrected chi connectivity index (χ4v) is 3.65. The summed E-state index contributed by atoms with van der Waals surface area (Å²) in [7, 11) is 0. The van der Waals surface area contributed by atoms with Crippen LogP contribution < -0.4 is 33.2 Å². The first-order valence-electron chi connectivity index (χ1n) is 11.6. The van der Waals surface area contributed by atoms with Gasteiger partial charge in [0.15, 0.2) is 5.96 Å². The van der Waals surface area contributed by atoms with Gasteiger partial charge in [-0.25, -0.2) is 9.78 Å². The molecule has 16 nitrogen and oxygen atoms in total. The van der Waals surface area contributed by atoms with Crippen molar-refractivity contribution in [2.75, 3.05) is 18.6 Å². The molecule has 17 heteroatoms. The zero-order valence-corrected chi connectivity index (χ0v) is 21.7. The number of aromatic amines is 1. The highest BCUT2D eigenvalue weighted by atomic mass is 32.2. The Morgan fingerprint density at radius 3 is 2.21 bits per heavy atom. The van der Waals surface area contributed by atoms with E-state index in [1.807, 2.05) is 6.26 Å². The van der Waals surface area contributed by atoms with Crippen molar-refractivity contribution in [3.8, 4) is 0 Å². The molecule has 12 N–H and O–H groups in total. The molecule has 1 aromatic rings. The molecule has 0 aliphatic rings. The van der Waals surface area contributed by atoms with Crippen molar-refractivity contribution in [1.82, 2.24) is 25.9 Å². The Balaban J connectivity index is 2.98. The molecule has 3 amide bonds. The first kappa shape index (κ1) is 32.2. The van der Waals surface area contributed by atoms with Gasteiger partial charge in [-0.1, -0.05) is 0 Å². The quantitative estimate of drug-likeness (QED) is 0.0499. The molecule has 0 saturated carbocycles. The number of guanidine groups is 1. The van der Waals surface area contributed by atoms with Crippen LogP contribution in [-0.4, -0.2) is 98.5 Å². The first-order chi connectivity index (χ1) is 17.9. The minimum atomic E-state index is -1.72. The summed E-state index contributed by atoms with van der Waals surface area (Å²) in [6, 6.07) is -5.01. The van der Waals surface area contributed by atoms with Crippen LogP contribution in [0.4, 0.5) is 0 Å². The first-order valence-corrected chi connectivity index (χ1v) is 13.0. The number of hydrogen-bond donors (Lipinski definition) is 9. The number of nitrogens with zero attached hydrogens (tertiary/aromatic N) is 2. The lowest BCUT2D eigenvalue weighted by Gasteiger charge is -2.25. The highest BCUT2D eigenvalue weighted by Crippen LogP contribution is 2.06. The predicted octanol–water partition coefficient (Wildman–Crippen LogP) is -2.90. The summed E-state index contributed by atoms with van der Waals surface area (Å²) in [5.41, 5.74) is 16.9. The van der Waals surface area contributed by atoms with E-state index in [2.05, 4.69) is 30.9 Å². The van der Waals surface area contributed by atoms with Crippen LogP contribution >= 0.6 is 11.8 Å². The van der Waals surface area contributed by atoms with E-state index in [-0.39, 0.29) is 31.8 Å². The molecule has 0 radical (unpaired) electrons. The summed E-state index contributed by atoms with van der Waals surface area (Å²) in [4.78, 5) is 71.5. The van der Waals surface area contributed by atoms with Gasteiger partial charge in [0.1, 0.15) is 18.1 Å². The van der Waals surface area contributed by atoms with E-state index in [9.17, 15) is 29.1 Å². The molecule has 0 aliphatic heterocycles. The van der Waals surface area contributed by atoms with Crippen LogP contribution in [0.5, 0.6) is 0 Å². The number of H-pyrrole nitrogens is 1. The number of carboxylic acid groups (broad SMARTS) is 2. The molecule has 38 heavy (non-hydrogen) atoms. The zero-order valence-electron chi connectivity index (χ0n) is 20.9. The second-order valence-corrected chi connectivity index (χ2v) is 9.22. The lowest BCUT2D eigenvalue weighted by Crippen LogP contribution is -2.58. The van der Waals surface area contributed by atoms with Crippen molar-refractivity contribution in [3.63, 3.8) is 0 Å². The number of thioether (sulfide) groups is 1. The molecule has 0 saturated heterocycles. The maximum absolute atomic E-state index is 13.1. The van der Waals surface area contributed by atoms with Gasteiger partial charge in [0.2, 0.25) is 17.7 Å². The van der Waals surface area contributed by atoms with Crippen LogP contribution in [0.3, 0.4) is 0 Å². The van der Waals surface area contributed by atoms with Gasteiger partial charge in [-0.05, 0) is 31.3 Å². The van der Waals surface area contributed by atoms with Crippen molar-refractivity contribution in [1.29, 1.82) is 0 Å². The second kappa shape index (κ2) is 16.8. The summed E-state index contributed by atoms with van der Waals surface area (Å²) in [6.07, 6.45) is 4.51. The molecule has 0 bridgehead atoms. The molecule has 4 unspecified atom stereocenters. The van der Waals surface area contributed by atoms with Crippen LogP contribution in [0.1, 0.15) is 31.4 Å². The molecule has 4 atom stereocenters. The maximum Gasteiger partial charge on any atom is 0.326 e. The third-order valence-corrected chi connectivity index (χ3v) is 5.80. The summed E-state index contributed by atoms with van der Waals surface area (Å²) in [6.45, 7) is 0.281. The largest absolute Gasteiger partial charge is 0.481 e. The SMILES string of the molecule is CSCCC(NC(=O)C(N)CCCN=C(N)N)C(=O)NC(Cc1cnc[nH]1)C(=O)NC(CC(=O)O)C(=O)O. The van der Waals surface area contributed by atoms with Gasteiger partial charge in [0.05, 0.1) is 18.8 Å². The number of rotatable bonds is 18. The summed E-state index contributed by atoms with van der Waals surface area (Å²) < 4.78 is 0. The van der Waals surface area contributed by atoms with Gasteiger partial charge in [-0.15, -0.1) is 0 Å². The Morgan fingerprint density at radius 2 is 1.66 bits per heavy atom. The number of nitrogens with one attached hydrogen (secondary N) is 4. The fourth-order valence-electron chi connectivity index (χ4n) is 3.18. The maximum atomic E-state index is 13.1. The van der Waals surface area contributed by atoms with Gasteiger partial charge in [0.25, 0.3) is 0 Å². The Bertz CT molecular complexity index is 970. The molecular weight excluding hydrogens is 522 g/mol. The number of carbonyl (C=O) groups is 5. The number of carboxylic acids is 2. The summed E-state index contributed by atoms with van der Waals surface area (Å²) >= 11 is 1.43. The van der Waals surface area contributed by atoms with Crippen molar-refractivity contribution in [2.24, 2.45) is 22.2 Å². The monoisotopic (exact) mass is 557 g/mol. The topological polar surface area (TPSA) is 281 Å². The molecule has 212 valence electrons. The Kier molecular flexibility index (Phi) is 14.2. The van der Waals surface area contributed by atoms with E-state index < -0.39 is 60.2 Å². The van der Waals surface area contributed by atoms with E-state index in [4.69, 9.17) is 22.3 Å². The molecule has 0 fully saturated rings. The number of aliphatic imine (C=N–C) groups is 1. The molecule has 1 rings (SSSR count). The van der Waals surface area contributed by atoms with Crippen molar-refractivity contribution >= 4 is 47.4 Å². The molecule has 1 heterocycles. The molecule has 1 aromatic heterocycles. The number of hydrogen-bond acceptors (Lipinski definition) is 9. The van der Waals surface area contributed by atoms with E-state index >= 15 is 0 Å². The Labute approximate surface area is 223 Å². The molecule has 0 aliphatic carbocycles. The van der Waals surface area contributed by atoms with E-state index in [1.54, 1.807) is 0 Å². The van der Waals surface area contributed by atoms with Crippen molar-refractivity contribution in [3.05, 3.63) is 18.2 Å². The minimum absolute atomic E-state index is 0.0804.